The molecule has 0 saturated heterocycles. The molecule has 1 aromatic carbocycles. The largest absolute Gasteiger partial charge is 0.355 e. The summed E-state index contributed by atoms with van der Waals surface area (Å²) in [6.45, 7) is 2.76. The molecule has 0 atom stereocenters. The van der Waals surface area contributed by atoms with Gasteiger partial charge in [0.1, 0.15) is 0 Å². The van der Waals surface area contributed by atoms with Crippen molar-refractivity contribution in [2.45, 2.75) is 38.0 Å². The number of benzene rings is 1. The van der Waals surface area contributed by atoms with Crippen LogP contribution >= 0.6 is 23.2 Å². The maximum Gasteiger partial charge on any atom is 0.230 e. The number of rotatable bonds is 4. The van der Waals surface area contributed by atoms with Crippen molar-refractivity contribution in [1.29, 1.82) is 0 Å². The van der Waals surface area contributed by atoms with Crippen molar-refractivity contribution in [3.8, 4) is 0 Å². The second kappa shape index (κ2) is 5.50. The van der Waals surface area contributed by atoms with E-state index in [1.165, 1.54) is 0 Å². The maximum atomic E-state index is 12.3. The van der Waals surface area contributed by atoms with Crippen LogP contribution in [-0.2, 0) is 10.2 Å². The van der Waals surface area contributed by atoms with Crippen molar-refractivity contribution in [1.82, 2.24) is 5.32 Å². The summed E-state index contributed by atoms with van der Waals surface area (Å²) < 4.78 is 0. The van der Waals surface area contributed by atoms with Gasteiger partial charge in [0, 0.05) is 16.6 Å². The second-order valence-electron chi connectivity index (χ2n) is 4.82. The van der Waals surface area contributed by atoms with Gasteiger partial charge in [-0.25, -0.2) is 0 Å². The lowest BCUT2D eigenvalue weighted by atomic mass is 9.63. The Labute approximate surface area is 118 Å². The van der Waals surface area contributed by atoms with E-state index in [-0.39, 0.29) is 5.91 Å². The standard InChI is InChI=1S/C14H17Cl2NO/c1-2-8-17-13(18)14(6-3-7-14)11-5-4-10(15)9-12(11)16/h4-5,9H,2-3,6-8H2,1H3,(H,17,18). The van der Waals surface area contributed by atoms with Gasteiger partial charge in [0.2, 0.25) is 5.91 Å². The third kappa shape index (κ3) is 2.36. The number of nitrogens with one attached hydrogen (secondary N) is 1. The van der Waals surface area contributed by atoms with Gasteiger partial charge in [0.25, 0.3) is 0 Å². The van der Waals surface area contributed by atoms with E-state index in [0.29, 0.717) is 16.6 Å². The lowest BCUT2D eigenvalue weighted by Crippen LogP contribution is -2.49. The number of carbonyl (C=O) groups is 1. The smallest absolute Gasteiger partial charge is 0.230 e. The number of hydrogen-bond acceptors (Lipinski definition) is 1. The fourth-order valence-corrected chi connectivity index (χ4v) is 3.02. The number of carbonyl (C=O) groups excluding carboxylic acids is 1. The SMILES string of the molecule is CCCNC(=O)C1(c2ccc(Cl)cc2Cl)CCC1. The summed E-state index contributed by atoms with van der Waals surface area (Å²) in [5.74, 6) is 0.0971. The zero-order chi connectivity index (χ0) is 13.2. The van der Waals surface area contributed by atoms with Crippen LogP contribution < -0.4 is 5.32 Å². The summed E-state index contributed by atoms with van der Waals surface area (Å²) in [5.41, 5.74) is 0.477. The first-order valence-electron chi connectivity index (χ1n) is 6.34. The van der Waals surface area contributed by atoms with Crippen LogP contribution in [0, 0.1) is 0 Å². The van der Waals surface area contributed by atoms with Gasteiger partial charge in [-0.15, -0.1) is 0 Å². The highest BCUT2D eigenvalue weighted by Gasteiger charge is 2.46. The van der Waals surface area contributed by atoms with E-state index in [4.69, 9.17) is 23.2 Å². The van der Waals surface area contributed by atoms with E-state index in [0.717, 1.165) is 31.2 Å². The van der Waals surface area contributed by atoms with Crippen molar-refractivity contribution in [3.05, 3.63) is 33.8 Å². The molecular formula is C14H17Cl2NO. The molecule has 1 fully saturated rings. The zero-order valence-electron chi connectivity index (χ0n) is 10.4. The predicted octanol–water partition coefficient (Wildman–Crippen LogP) is 3.94. The summed E-state index contributed by atoms with van der Waals surface area (Å²) in [7, 11) is 0. The summed E-state index contributed by atoms with van der Waals surface area (Å²) in [4.78, 5) is 12.3. The molecule has 1 amide bonds. The van der Waals surface area contributed by atoms with Gasteiger partial charge < -0.3 is 5.32 Å². The maximum absolute atomic E-state index is 12.3. The third-order valence-corrected chi connectivity index (χ3v) is 4.17. The van der Waals surface area contributed by atoms with Crippen molar-refractivity contribution in [2.24, 2.45) is 0 Å². The van der Waals surface area contributed by atoms with E-state index in [2.05, 4.69) is 5.32 Å². The number of hydrogen-bond donors (Lipinski definition) is 1. The highest BCUT2D eigenvalue weighted by molar-refractivity contribution is 6.35. The van der Waals surface area contributed by atoms with E-state index in [9.17, 15) is 4.79 Å². The Morgan fingerprint density at radius 3 is 2.61 bits per heavy atom. The van der Waals surface area contributed by atoms with Crippen LogP contribution in [-0.4, -0.2) is 12.5 Å². The molecule has 1 aromatic rings. The average molecular weight is 286 g/mol. The van der Waals surface area contributed by atoms with Gasteiger partial charge in [-0.3, -0.25) is 4.79 Å². The van der Waals surface area contributed by atoms with Crippen molar-refractivity contribution < 1.29 is 4.79 Å². The van der Waals surface area contributed by atoms with Crippen LogP contribution in [0.4, 0.5) is 0 Å². The summed E-state index contributed by atoms with van der Waals surface area (Å²) in [5, 5.41) is 4.18. The predicted molar refractivity (Wildman–Crippen MR) is 75.3 cm³/mol. The molecule has 0 bridgehead atoms. The van der Waals surface area contributed by atoms with E-state index in [1.54, 1.807) is 12.1 Å². The Morgan fingerprint density at radius 2 is 2.11 bits per heavy atom. The van der Waals surface area contributed by atoms with Gasteiger partial charge in [0.15, 0.2) is 0 Å². The van der Waals surface area contributed by atoms with Crippen molar-refractivity contribution in [2.75, 3.05) is 6.54 Å². The Kier molecular flexibility index (Phi) is 4.18. The van der Waals surface area contributed by atoms with Crippen LogP contribution in [0.1, 0.15) is 38.2 Å². The highest BCUT2D eigenvalue weighted by atomic mass is 35.5. The first-order chi connectivity index (χ1) is 8.60. The Morgan fingerprint density at radius 1 is 1.39 bits per heavy atom. The Balaban J connectivity index is 2.29. The molecule has 0 aromatic heterocycles. The molecule has 0 radical (unpaired) electrons. The van der Waals surface area contributed by atoms with Crippen LogP contribution in [0.15, 0.2) is 18.2 Å². The van der Waals surface area contributed by atoms with Crippen molar-refractivity contribution >= 4 is 29.1 Å². The normalized spacial score (nSPS) is 17.1. The summed E-state index contributed by atoms with van der Waals surface area (Å²) in [6, 6.07) is 5.40. The van der Waals surface area contributed by atoms with Crippen molar-refractivity contribution in [3.63, 3.8) is 0 Å². The molecule has 1 aliphatic carbocycles. The zero-order valence-corrected chi connectivity index (χ0v) is 11.9. The lowest BCUT2D eigenvalue weighted by molar-refractivity contribution is -0.129. The molecule has 4 heteroatoms. The topological polar surface area (TPSA) is 29.1 Å². The van der Waals surface area contributed by atoms with Gasteiger partial charge in [-0.1, -0.05) is 42.6 Å². The number of amides is 1. The molecule has 1 saturated carbocycles. The van der Waals surface area contributed by atoms with Gasteiger partial charge in [-0.05, 0) is 37.0 Å². The molecular weight excluding hydrogens is 269 g/mol. The summed E-state index contributed by atoms with van der Waals surface area (Å²) in [6.07, 6.45) is 3.74. The van der Waals surface area contributed by atoms with Gasteiger partial charge in [-0.2, -0.15) is 0 Å². The van der Waals surface area contributed by atoms with Gasteiger partial charge in [0.05, 0.1) is 5.41 Å². The molecule has 0 spiro atoms. The molecule has 0 heterocycles. The van der Waals surface area contributed by atoms with Crippen LogP contribution in [0.2, 0.25) is 10.0 Å². The number of halogens is 2. The van der Waals surface area contributed by atoms with Crippen LogP contribution in [0.3, 0.4) is 0 Å². The van der Waals surface area contributed by atoms with E-state index in [1.807, 2.05) is 13.0 Å². The molecule has 1 N–H and O–H groups in total. The molecule has 0 aliphatic heterocycles. The van der Waals surface area contributed by atoms with E-state index < -0.39 is 5.41 Å². The van der Waals surface area contributed by atoms with E-state index >= 15 is 0 Å². The molecule has 0 unspecified atom stereocenters. The highest BCUT2D eigenvalue weighted by Crippen LogP contribution is 2.46. The van der Waals surface area contributed by atoms with Crippen LogP contribution in [0.25, 0.3) is 0 Å². The fraction of sp³-hybridized carbons (Fsp3) is 0.500. The quantitative estimate of drug-likeness (QED) is 0.892. The first-order valence-corrected chi connectivity index (χ1v) is 7.09. The Hall–Kier alpha value is -0.730. The minimum atomic E-state index is -0.434. The first kappa shape index (κ1) is 13.7. The molecule has 1 aliphatic rings. The lowest BCUT2D eigenvalue weighted by Gasteiger charge is -2.41. The fourth-order valence-electron chi connectivity index (χ4n) is 2.43. The third-order valence-electron chi connectivity index (χ3n) is 3.62. The summed E-state index contributed by atoms with van der Waals surface area (Å²) >= 11 is 12.1. The average Bonchev–Trinajstić information content (AvgIpc) is 2.27. The molecule has 98 valence electrons. The monoisotopic (exact) mass is 285 g/mol. The minimum absolute atomic E-state index is 0.0971. The molecule has 2 nitrogen and oxygen atoms in total. The molecule has 2 rings (SSSR count). The van der Waals surface area contributed by atoms with Crippen LogP contribution in [0.5, 0.6) is 0 Å². The van der Waals surface area contributed by atoms with Gasteiger partial charge >= 0.3 is 0 Å². The minimum Gasteiger partial charge on any atom is -0.355 e. The Bertz CT molecular complexity index is 455. The molecule has 18 heavy (non-hydrogen) atoms. The second-order valence-corrected chi connectivity index (χ2v) is 5.66.